The zero-order valence-corrected chi connectivity index (χ0v) is 11.7. The molecule has 1 fully saturated rings. The van der Waals surface area contributed by atoms with Gasteiger partial charge in [0.25, 0.3) is 0 Å². The van der Waals surface area contributed by atoms with Gasteiger partial charge in [-0.05, 0) is 24.6 Å². The number of ether oxygens (including phenoxy) is 2. The molecule has 110 valence electrons. The SMILES string of the molecule is NC1CCN(c2cc(-c3ccc4c(c3)OCCO4)[nH]n2)C1. The number of rotatable bonds is 2. The fourth-order valence-corrected chi connectivity index (χ4v) is 2.83. The van der Waals surface area contributed by atoms with Crippen molar-refractivity contribution in [3.63, 3.8) is 0 Å². The molecule has 3 heterocycles. The Balaban J connectivity index is 1.60. The topological polar surface area (TPSA) is 76.4 Å². The van der Waals surface area contributed by atoms with E-state index in [0.29, 0.717) is 13.2 Å². The highest BCUT2D eigenvalue weighted by molar-refractivity contribution is 5.67. The van der Waals surface area contributed by atoms with Crippen molar-refractivity contribution in [2.45, 2.75) is 12.5 Å². The quantitative estimate of drug-likeness (QED) is 0.872. The average molecular weight is 286 g/mol. The third-order valence-corrected chi connectivity index (χ3v) is 3.97. The Morgan fingerprint density at radius 3 is 2.86 bits per heavy atom. The van der Waals surface area contributed by atoms with E-state index in [-0.39, 0.29) is 6.04 Å². The van der Waals surface area contributed by atoms with Crippen LogP contribution in [0.15, 0.2) is 24.3 Å². The average Bonchev–Trinajstić information content (AvgIpc) is 3.15. The number of nitrogens with one attached hydrogen (secondary N) is 1. The monoisotopic (exact) mass is 286 g/mol. The lowest BCUT2D eigenvalue weighted by atomic mass is 10.1. The Labute approximate surface area is 122 Å². The van der Waals surface area contributed by atoms with E-state index in [1.807, 2.05) is 18.2 Å². The van der Waals surface area contributed by atoms with E-state index in [1.54, 1.807) is 0 Å². The van der Waals surface area contributed by atoms with Crippen molar-refractivity contribution in [3.05, 3.63) is 24.3 Å². The van der Waals surface area contributed by atoms with E-state index in [1.165, 1.54) is 0 Å². The van der Waals surface area contributed by atoms with Crippen LogP contribution < -0.4 is 20.1 Å². The van der Waals surface area contributed by atoms with Crippen molar-refractivity contribution in [1.29, 1.82) is 0 Å². The van der Waals surface area contributed by atoms with Gasteiger partial charge in [0.1, 0.15) is 13.2 Å². The molecule has 3 N–H and O–H groups in total. The predicted molar refractivity (Wildman–Crippen MR) is 79.8 cm³/mol. The van der Waals surface area contributed by atoms with Gasteiger partial charge in [-0.3, -0.25) is 5.10 Å². The van der Waals surface area contributed by atoms with Crippen LogP contribution in [0.25, 0.3) is 11.3 Å². The maximum absolute atomic E-state index is 5.95. The smallest absolute Gasteiger partial charge is 0.162 e. The van der Waals surface area contributed by atoms with Gasteiger partial charge in [-0.2, -0.15) is 5.10 Å². The zero-order chi connectivity index (χ0) is 14.2. The minimum absolute atomic E-state index is 0.249. The first-order valence-corrected chi connectivity index (χ1v) is 7.25. The lowest BCUT2D eigenvalue weighted by Gasteiger charge is -2.18. The molecule has 6 nitrogen and oxygen atoms in total. The zero-order valence-electron chi connectivity index (χ0n) is 11.7. The van der Waals surface area contributed by atoms with Crippen LogP contribution in [0.2, 0.25) is 0 Å². The maximum atomic E-state index is 5.95. The molecule has 1 aromatic heterocycles. The normalized spacial score (nSPS) is 20.8. The van der Waals surface area contributed by atoms with E-state index in [0.717, 1.165) is 48.1 Å². The predicted octanol–water partition coefficient (Wildman–Crippen LogP) is 1.39. The number of anilines is 1. The van der Waals surface area contributed by atoms with Gasteiger partial charge in [-0.25, -0.2) is 0 Å². The molecule has 1 saturated heterocycles. The van der Waals surface area contributed by atoms with Crippen molar-refractivity contribution >= 4 is 5.82 Å². The second kappa shape index (κ2) is 4.96. The molecule has 2 aliphatic rings. The van der Waals surface area contributed by atoms with E-state index in [9.17, 15) is 0 Å². The number of H-pyrrole nitrogens is 1. The van der Waals surface area contributed by atoms with Gasteiger partial charge in [0.2, 0.25) is 0 Å². The molecule has 2 aromatic rings. The third-order valence-electron chi connectivity index (χ3n) is 3.97. The summed E-state index contributed by atoms with van der Waals surface area (Å²) < 4.78 is 11.2. The van der Waals surface area contributed by atoms with E-state index >= 15 is 0 Å². The fraction of sp³-hybridized carbons (Fsp3) is 0.400. The molecular weight excluding hydrogens is 268 g/mol. The Morgan fingerprint density at radius 2 is 2.05 bits per heavy atom. The van der Waals surface area contributed by atoms with Crippen LogP contribution in [0, 0.1) is 0 Å². The van der Waals surface area contributed by atoms with Gasteiger partial charge in [0, 0.05) is 30.8 Å². The highest BCUT2D eigenvalue weighted by atomic mass is 16.6. The lowest BCUT2D eigenvalue weighted by molar-refractivity contribution is 0.171. The van der Waals surface area contributed by atoms with Crippen LogP contribution in [0.3, 0.4) is 0 Å². The van der Waals surface area contributed by atoms with Crippen LogP contribution in [0.1, 0.15) is 6.42 Å². The van der Waals surface area contributed by atoms with E-state index in [4.69, 9.17) is 15.2 Å². The molecule has 4 rings (SSSR count). The summed E-state index contributed by atoms with van der Waals surface area (Å²) in [7, 11) is 0. The Kier molecular flexibility index (Phi) is 2.96. The molecule has 6 heteroatoms. The van der Waals surface area contributed by atoms with Crippen molar-refractivity contribution in [3.8, 4) is 22.8 Å². The van der Waals surface area contributed by atoms with Crippen LogP contribution in [-0.2, 0) is 0 Å². The second-order valence-electron chi connectivity index (χ2n) is 5.49. The Morgan fingerprint density at radius 1 is 1.19 bits per heavy atom. The number of nitrogens with zero attached hydrogens (tertiary/aromatic N) is 2. The molecule has 0 spiro atoms. The van der Waals surface area contributed by atoms with Gasteiger partial charge in [-0.1, -0.05) is 0 Å². The highest BCUT2D eigenvalue weighted by Gasteiger charge is 2.21. The molecule has 0 saturated carbocycles. The summed E-state index contributed by atoms with van der Waals surface area (Å²) in [5, 5.41) is 7.49. The van der Waals surface area contributed by atoms with Gasteiger partial charge < -0.3 is 20.1 Å². The summed E-state index contributed by atoms with van der Waals surface area (Å²) >= 11 is 0. The summed E-state index contributed by atoms with van der Waals surface area (Å²) in [6.45, 7) is 3.03. The number of aromatic nitrogens is 2. The summed E-state index contributed by atoms with van der Waals surface area (Å²) in [6.07, 6.45) is 1.02. The number of nitrogens with two attached hydrogens (primary N) is 1. The molecular formula is C15H18N4O2. The first-order valence-electron chi connectivity index (χ1n) is 7.25. The van der Waals surface area contributed by atoms with Crippen LogP contribution in [0.4, 0.5) is 5.82 Å². The molecule has 0 radical (unpaired) electrons. The van der Waals surface area contributed by atoms with E-state index < -0.39 is 0 Å². The van der Waals surface area contributed by atoms with Gasteiger partial charge in [0.15, 0.2) is 17.3 Å². The summed E-state index contributed by atoms with van der Waals surface area (Å²) in [5.41, 5.74) is 7.96. The van der Waals surface area contributed by atoms with Gasteiger partial charge >= 0.3 is 0 Å². The van der Waals surface area contributed by atoms with Crippen molar-refractivity contribution in [2.75, 3.05) is 31.2 Å². The Bertz CT molecular complexity index is 655. The van der Waals surface area contributed by atoms with Crippen LogP contribution >= 0.6 is 0 Å². The minimum atomic E-state index is 0.249. The second-order valence-corrected chi connectivity index (χ2v) is 5.49. The fourth-order valence-electron chi connectivity index (χ4n) is 2.83. The summed E-state index contributed by atoms with van der Waals surface area (Å²) in [4.78, 5) is 2.21. The van der Waals surface area contributed by atoms with Crippen molar-refractivity contribution in [1.82, 2.24) is 10.2 Å². The standard InChI is InChI=1S/C15H18N4O2/c16-11-3-4-19(9-11)15-8-12(17-18-15)10-1-2-13-14(7-10)21-6-5-20-13/h1-2,7-8,11H,3-6,9,16H2,(H,17,18). The largest absolute Gasteiger partial charge is 0.486 e. The molecule has 1 aromatic carbocycles. The molecule has 0 amide bonds. The first-order chi connectivity index (χ1) is 10.3. The minimum Gasteiger partial charge on any atom is -0.486 e. The number of fused-ring (bicyclic) bond motifs is 1. The number of benzene rings is 1. The molecule has 0 bridgehead atoms. The van der Waals surface area contributed by atoms with Crippen LogP contribution in [0.5, 0.6) is 11.5 Å². The third kappa shape index (κ3) is 2.31. The van der Waals surface area contributed by atoms with Crippen molar-refractivity contribution in [2.24, 2.45) is 5.73 Å². The molecule has 1 atom stereocenters. The Hall–Kier alpha value is -2.21. The first kappa shape index (κ1) is 12.5. The van der Waals surface area contributed by atoms with Gasteiger partial charge in [0.05, 0.1) is 5.69 Å². The molecule has 1 unspecified atom stereocenters. The summed E-state index contributed by atoms with van der Waals surface area (Å²) in [6, 6.07) is 8.25. The lowest BCUT2D eigenvalue weighted by Crippen LogP contribution is -2.26. The van der Waals surface area contributed by atoms with Crippen molar-refractivity contribution < 1.29 is 9.47 Å². The molecule has 2 aliphatic heterocycles. The highest BCUT2D eigenvalue weighted by Crippen LogP contribution is 2.34. The van der Waals surface area contributed by atoms with E-state index in [2.05, 4.69) is 21.2 Å². The number of hydrogen-bond donors (Lipinski definition) is 2. The number of hydrogen-bond acceptors (Lipinski definition) is 5. The molecule has 21 heavy (non-hydrogen) atoms. The summed E-state index contributed by atoms with van der Waals surface area (Å²) in [5.74, 6) is 2.54. The maximum Gasteiger partial charge on any atom is 0.162 e. The molecule has 0 aliphatic carbocycles. The van der Waals surface area contributed by atoms with Crippen LogP contribution in [-0.4, -0.2) is 42.5 Å². The number of aromatic amines is 1. The van der Waals surface area contributed by atoms with Gasteiger partial charge in [-0.15, -0.1) is 0 Å².